The fourth-order valence-corrected chi connectivity index (χ4v) is 10.6. The molecule has 4 nitrogen and oxygen atoms in total. The third kappa shape index (κ3) is 8.22. The van der Waals surface area contributed by atoms with Crippen molar-refractivity contribution in [3.05, 3.63) is 12.3 Å². The van der Waals surface area contributed by atoms with Gasteiger partial charge in [0.15, 0.2) is 0 Å². The molecule has 29 heavy (non-hydrogen) atoms. The van der Waals surface area contributed by atoms with Crippen molar-refractivity contribution in [3.8, 4) is 0 Å². The molecule has 0 bridgehead atoms. The summed E-state index contributed by atoms with van der Waals surface area (Å²) in [4.78, 5) is 5.01. The summed E-state index contributed by atoms with van der Waals surface area (Å²) >= 11 is 0. The zero-order valence-electron chi connectivity index (χ0n) is 20.4. The van der Waals surface area contributed by atoms with Crippen LogP contribution in [0.15, 0.2) is 12.3 Å². The third-order valence-electron chi connectivity index (χ3n) is 7.64. The molecule has 2 rings (SSSR count). The lowest BCUT2D eigenvalue weighted by Crippen LogP contribution is -2.69. The highest BCUT2D eigenvalue weighted by molar-refractivity contribution is 6.82. The molecule has 0 aromatic heterocycles. The number of hydrogen-bond donors (Lipinski definition) is 0. The van der Waals surface area contributed by atoms with Gasteiger partial charge < -0.3 is 18.9 Å². The minimum atomic E-state index is -1.50. The predicted octanol–water partition coefficient (Wildman–Crippen LogP) is 4.33. The van der Waals surface area contributed by atoms with Crippen molar-refractivity contribution in [2.45, 2.75) is 70.3 Å². The normalized spacial score (nSPS) is 21.6. The molecule has 0 aromatic rings. The fourth-order valence-electron chi connectivity index (χ4n) is 4.94. The Morgan fingerprint density at radius 1 is 0.621 bits per heavy atom. The lowest BCUT2D eigenvalue weighted by atomic mass is 10.1. The molecular weight excluding hydrogens is 388 g/mol. The summed E-state index contributed by atoms with van der Waals surface area (Å²) < 4.78 is 5.89. The number of nitrogens with zero attached hydrogens (tertiary/aromatic N) is 4. The number of rotatable bonds is 12. The van der Waals surface area contributed by atoms with Crippen molar-refractivity contribution in [2.24, 2.45) is 0 Å². The summed E-state index contributed by atoms with van der Waals surface area (Å²) in [6.45, 7) is 21.8. The smallest absolute Gasteiger partial charge is 0.203 e. The van der Waals surface area contributed by atoms with Crippen LogP contribution in [0.4, 0.5) is 0 Å². The first-order valence-electron chi connectivity index (χ1n) is 12.3. The summed E-state index contributed by atoms with van der Waals surface area (Å²) in [5, 5.41) is 0. The van der Waals surface area contributed by atoms with E-state index in [1.54, 1.807) is 0 Å². The minimum absolute atomic E-state index is 1.07. The van der Waals surface area contributed by atoms with E-state index in [-0.39, 0.29) is 0 Å². The second-order valence-electron chi connectivity index (χ2n) is 10.6. The van der Waals surface area contributed by atoms with Gasteiger partial charge in [-0.05, 0) is 26.7 Å². The van der Waals surface area contributed by atoms with Crippen molar-refractivity contribution >= 4 is 16.5 Å². The van der Waals surface area contributed by atoms with Crippen LogP contribution in [-0.4, -0.2) is 102 Å². The molecule has 2 aliphatic heterocycles. The molecule has 2 fully saturated rings. The number of unbranched alkanes of at least 4 members (excludes halogenated alkanes) is 5. The molecule has 6 heteroatoms. The molecule has 0 aliphatic carbocycles. The SMILES string of the molecule is C=C[Si](C)(C)CCCCCCCC[Si](C)(N1CCN(C)CC1)N1CCN(C)CC1. The third-order valence-corrected chi connectivity index (χ3v) is 15.3. The Balaban J connectivity index is 1.75. The fraction of sp³-hybridized carbons (Fsp3) is 0.913. The maximum absolute atomic E-state index is 4.03. The Morgan fingerprint density at radius 2 is 1.00 bits per heavy atom. The largest absolute Gasteiger partial charge is 0.309 e. The predicted molar refractivity (Wildman–Crippen MR) is 135 cm³/mol. The van der Waals surface area contributed by atoms with E-state index in [9.17, 15) is 0 Å². The topological polar surface area (TPSA) is 13.0 Å². The number of piperazine rings is 2. The molecule has 0 atom stereocenters. The summed E-state index contributed by atoms with van der Waals surface area (Å²) in [5.41, 5.74) is 2.26. The van der Waals surface area contributed by atoms with Crippen LogP contribution in [0.1, 0.15) is 38.5 Å². The van der Waals surface area contributed by atoms with Gasteiger partial charge in [-0.15, -0.1) is 12.3 Å². The van der Waals surface area contributed by atoms with Crippen molar-refractivity contribution in [1.29, 1.82) is 0 Å². The highest BCUT2D eigenvalue weighted by Crippen LogP contribution is 2.27. The van der Waals surface area contributed by atoms with Gasteiger partial charge in [0.05, 0.1) is 8.07 Å². The lowest BCUT2D eigenvalue weighted by Gasteiger charge is -2.51. The molecule has 0 spiro atoms. The van der Waals surface area contributed by atoms with Crippen molar-refractivity contribution in [2.75, 3.05) is 66.5 Å². The molecular formula is C23H50N4Si2. The van der Waals surface area contributed by atoms with E-state index in [4.69, 9.17) is 0 Å². The molecule has 2 saturated heterocycles. The molecule has 0 unspecified atom stereocenters. The zero-order chi connectivity index (χ0) is 21.3. The van der Waals surface area contributed by atoms with Gasteiger partial charge in [-0.3, -0.25) is 0 Å². The summed E-state index contributed by atoms with van der Waals surface area (Å²) in [6.07, 6.45) is 8.59. The Kier molecular flexibility index (Phi) is 10.6. The summed E-state index contributed by atoms with van der Waals surface area (Å²) in [6, 6.07) is 2.89. The molecule has 2 heterocycles. The van der Waals surface area contributed by atoms with Gasteiger partial charge in [0, 0.05) is 52.4 Å². The van der Waals surface area contributed by atoms with Gasteiger partial charge in [-0.25, -0.2) is 0 Å². The first-order valence-corrected chi connectivity index (χ1v) is 18.2. The van der Waals surface area contributed by atoms with E-state index in [1.165, 1.54) is 103 Å². The quantitative estimate of drug-likeness (QED) is 0.332. The lowest BCUT2D eigenvalue weighted by molar-refractivity contribution is 0.170. The van der Waals surface area contributed by atoms with Gasteiger partial charge in [0.1, 0.15) is 0 Å². The molecule has 0 radical (unpaired) electrons. The molecule has 2 aliphatic rings. The average molecular weight is 439 g/mol. The second kappa shape index (κ2) is 12.2. The zero-order valence-corrected chi connectivity index (χ0v) is 22.4. The van der Waals surface area contributed by atoms with Crippen LogP contribution in [0.5, 0.6) is 0 Å². The second-order valence-corrected chi connectivity index (χ2v) is 19.7. The van der Waals surface area contributed by atoms with Crippen LogP contribution in [0.3, 0.4) is 0 Å². The van der Waals surface area contributed by atoms with Gasteiger partial charge in [-0.2, -0.15) is 0 Å². The van der Waals surface area contributed by atoms with E-state index >= 15 is 0 Å². The van der Waals surface area contributed by atoms with Crippen LogP contribution in [-0.2, 0) is 0 Å². The van der Waals surface area contributed by atoms with Gasteiger partial charge >= 0.3 is 0 Å². The minimum Gasteiger partial charge on any atom is -0.309 e. The highest BCUT2D eigenvalue weighted by atomic mass is 28.3. The van der Waals surface area contributed by atoms with Gasteiger partial charge in [-0.1, -0.05) is 57.7 Å². The molecule has 0 N–H and O–H groups in total. The summed E-state index contributed by atoms with van der Waals surface area (Å²) in [7, 11) is 1.99. The standard InChI is InChI=1S/C23H50N4Si2/c1-7-28(4,5)22-12-10-8-9-11-13-23-29(6,26-18-14-24(2)15-19-26)27-20-16-25(3)17-21-27/h7H,1,8-23H2,2-6H3. The first-order chi connectivity index (χ1) is 13.8. The van der Waals surface area contributed by atoms with Crippen molar-refractivity contribution < 1.29 is 0 Å². The maximum Gasteiger partial charge on any atom is 0.203 e. The summed E-state index contributed by atoms with van der Waals surface area (Å²) in [5.74, 6) is 0. The van der Waals surface area contributed by atoms with E-state index in [0.717, 1.165) is 0 Å². The monoisotopic (exact) mass is 438 g/mol. The highest BCUT2D eigenvalue weighted by Gasteiger charge is 2.42. The van der Waals surface area contributed by atoms with Crippen LogP contribution in [0, 0.1) is 0 Å². The van der Waals surface area contributed by atoms with E-state index in [0.29, 0.717) is 0 Å². The molecule has 0 saturated carbocycles. The van der Waals surface area contributed by atoms with E-state index < -0.39 is 16.5 Å². The van der Waals surface area contributed by atoms with Crippen LogP contribution in [0.2, 0.25) is 31.7 Å². The van der Waals surface area contributed by atoms with Gasteiger partial charge in [0.2, 0.25) is 8.40 Å². The molecule has 0 amide bonds. The molecule has 0 aromatic carbocycles. The Labute approximate surface area is 184 Å². The Morgan fingerprint density at radius 3 is 1.41 bits per heavy atom. The van der Waals surface area contributed by atoms with E-state index in [1.807, 2.05) is 0 Å². The van der Waals surface area contributed by atoms with Crippen LogP contribution < -0.4 is 0 Å². The van der Waals surface area contributed by atoms with Crippen molar-refractivity contribution in [3.63, 3.8) is 0 Å². The Hall–Kier alpha value is 0.0138. The van der Waals surface area contributed by atoms with Gasteiger partial charge in [0.25, 0.3) is 0 Å². The first kappa shape index (κ1) is 25.3. The average Bonchev–Trinajstić information content (AvgIpc) is 2.70. The van der Waals surface area contributed by atoms with Crippen LogP contribution in [0.25, 0.3) is 0 Å². The number of likely N-dealkylation sites (N-methyl/N-ethyl adjacent to an activating group) is 2. The molecule has 170 valence electrons. The maximum atomic E-state index is 4.03. The van der Waals surface area contributed by atoms with E-state index in [2.05, 4.69) is 64.9 Å². The Bertz CT molecular complexity index is 447. The number of hydrogen-bond acceptors (Lipinski definition) is 4. The van der Waals surface area contributed by atoms with Crippen molar-refractivity contribution in [1.82, 2.24) is 18.9 Å². The van der Waals surface area contributed by atoms with Crippen LogP contribution >= 0.6 is 0 Å².